The molecule has 0 spiro atoms. The molecule has 6 nitrogen and oxygen atoms in total. The Kier molecular flexibility index (Phi) is 6.09. The minimum absolute atomic E-state index is 0.148. The molecule has 0 atom stereocenters. The number of rotatable bonds is 6. The Bertz CT molecular complexity index is 1480. The van der Waals surface area contributed by atoms with Crippen molar-refractivity contribution in [3.05, 3.63) is 115 Å². The van der Waals surface area contributed by atoms with Crippen molar-refractivity contribution in [2.45, 2.75) is 0 Å². The highest BCUT2D eigenvalue weighted by atomic mass is 16.1. The highest BCUT2D eigenvalue weighted by molar-refractivity contribution is 6.04. The van der Waals surface area contributed by atoms with Gasteiger partial charge in [0.25, 0.3) is 5.91 Å². The van der Waals surface area contributed by atoms with Crippen LogP contribution in [-0.2, 0) is 14.1 Å². The van der Waals surface area contributed by atoms with E-state index in [4.69, 9.17) is 0 Å². The topological polar surface area (TPSA) is 60.9 Å². The molecule has 0 saturated carbocycles. The first-order valence-corrected chi connectivity index (χ1v) is 11.4. The number of hydrogen-bond donors (Lipinski definition) is 3. The maximum atomic E-state index is 12.8. The van der Waals surface area contributed by atoms with Gasteiger partial charge in [-0.2, -0.15) is 0 Å². The molecule has 3 aromatic carbocycles. The van der Waals surface area contributed by atoms with E-state index in [1.54, 1.807) is 0 Å². The summed E-state index contributed by atoms with van der Waals surface area (Å²) in [5.74, 6) is -0.148. The third-order valence-corrected chi connectivity index (χ3v) is 5.88. The van der Waals surface area contributed by atoms with Crippen molar-refractivity contribution in [3.63, 3.8) is 0 Å². The molecule has 2 aromatic heterocycles. The summed E-state index contributed by atoms with van der Waals surface area (Å²) < 4.78 is 4.08. The average molecular weight is 462 g/mol. The summed E-state index contributed by atoms with van der Waals surface area (Å²) in [5, 5.41) is 10.9. The van der Waals surface area contributed by atoms with E-state index in [1.807, 2.05) is 110 Å². The molecule has 1 amide bonds. The van der Waals surface area contributed by atoms with Crippen LogP contribution in [-0.4, -0.2) is 5.91 Å². The number of aryl methyl sites for hydroxylation is 2. The number of amides is 1. The highest BCUT2D eigenvalue weighted by Gasteiger charge is 2.10. The van der Waals surface area contributed by atoms with Crippen LogP contribution in [0.1, 0.15) is 10.4 Å². The van der Waals surface area contributed by atoms with Crippen molar-refractivity contribution in [2.75, 3.05) is 16.0 Å². The molecule has 0 saturated heterocycles. The van der Waals surface area contributed by atoms with E-state index in [9.17, 15) is 4.79 Å². The predicted octanol–water partition coefficient (Wildman–Crippen LogP) is 5.23. The number of carbonyl (C=O) groups is 1. The number of pyridine rings is 2. The lowest BCUT2D eigenvalue weighted by Crippen LogP contribution is -2.28. The van der Waals surface area contributed by atoms with Crippen LogP contribution in [0, 0.1) is 0 Å². The Morgan fingerprint density at radius 1 is 0.629 bits per heavy atom. The van der Waals surface area contributed by atoms with Crippen molar-refractivity contribution in [1.29, 1.82) is 0 Å². The molecule has 0 radical (unpaired) electrons. The molecular weight excluding hydrogens is 434 g/mol. The van der Waals surface area contributed by atoms with Gasteiger partial charge in [-0.15, -0.1) is 0 Å². The Morgan fingerprint density at radius 2 is 1.23 bits per heavy atom. The van der Waals surface area contributed by atoms with E-state index >= 15 is 0 Å². The Morgan fingerprint density at radius 3 is 1.97 bits per heavy atom. The maximum absolute atomic E-state index is 12.8. The third kappa shape index (κ3) is 5.12. The van der Waals surface area contributed by atoms with Gasteiger partial charge in [0, 0.05) is 46.9 Å². The quantitative estimate of drug-likeness (QED) is 0.304. The first kappa shape index (κ1) is 22.1. The SMILES string of the molecule is C[n+]1ccc(Nc2ccc(NC(=O)c3ccc(Nc4cc[n+](C)c5ccccc45)cc3)cc2)cc1. The van der Waals surface area contributed by atoms with Gasteiger partial charge >= 0.3 is 0 Å². The van der Waals surface area contributed by atoms with E-state index < -0.39 is 0 Å². The zero-order chi connectivity index (χ0) is 24.2. The van der Waals surface area contributed by atoms with Gasteiger partial charge in [-0.1, -0.05) is 12.1 Å². The number of anilines is 5. The van der Waals surface area contributed by atoms with Crippen LogP contribution in [0.5, 0.6) is 0 Å². The number of nitrogens with one attached hydrogen (secondary N) is 3. The summed E-state index contributed by atoms with van der Waals surface area (Å²) >= 11 is 0. The minimum atomic E-state index is -0.148. The fourth-order valence-electron chi connectivity index (χ4n) is 3.93. The zero-order valence-corrected chi connectivity index (χ0v) is 19.7. The van der Waals surface area contributed by atoms with E-state index in [-0.39, 0.29) is 5.91 Å². The van der Waals surface area contributed by atoms with E-state index in [0.29, 0.717) is 5.56 Å². The van der Waals surface area contributed by atoms with Gasteiger partial charge < -0.3 is 16.0 Å². The number of carbonyl (C=O) groups excluding carboxylic acids is 1. The lowest BCUT2D eigenvalue weighted by Gasteiger charge is -2.10. The fraction of sp³-hybridized carbons (Fsp3) is 0.0690. The van der Waals surface area contributed by atoms with Crippen LogP contribution >= 0.6 is 0 Å². The molecule has 0 aliphatic carbocycles. The summed E-state index contributed by atoms with van der Waals surface area (Å²) in [5.41, 5.74) is 6.39. The zero-order valence-electron chi connectivity index (χ0n) is 19.7. The molecular formula is C29H27N5O+2. The van der Waals surface area contributed by atoms with Gasteiger partial charge in [-0.25, -0.2) is 9.13 Å². The van der Waals surface area contributed by atoms with Gasteiger partial charge in [-0.05, 0) is 54.6 Å². The highest BCUT2D eigenvalue weighted by Crippen LogP contribution is 2.25. The molecule has 2 heterocycles. The average Bonchev–Trinajstić information content (AvgIpc) is 2.89. The van der Waals surface area contributed by atoms with Crippen LogP contribution in [0.25, 0.3) is 10.9 Å². The molecule has 0 aliphatic rings. The number of benzene rings is 3. The molecule has 0 bridgehead atoms. The van der Waals surface area contributed by atoms with Gasteiger partial charge in [0.2, 0.25) is 5.52 Å². The van der Waals surface area contributed by atoms with Crippen LogP contribution in [0.3, 0.4) is 0 Å². The van der Waals surface area contributed by atoms with Gasteiger partial charge in [0.1, 0.15) is 14.1 Å². The Labute approximate surface area is 204 Å². The summed E-state index contributed by atoms with van der Waals surface area (Å²) in [6.45, 7) is 0. The first-order valence-electron chi connectivity index (χ1n) is 11.4. The minimum Gasteiger partial charge on any atom is -0.355 e. The molecule has 5 rings (SSSR count). The number of nitrogens with zero attached hydrogens (tertiary/aromatic N) is 2. The van der Waals surface area contributed by atoms with Crippen molar-refractivity contribution in [3.8, 4) is 0 Å². The summed E-state index contributed by atoms with van der Waals surface area (Å²) in [6, 6.07) is 29.5. The summed E-state index contributed by atoms with van der Waals surface area (Å²) in [7, 11) is 4.02. The lowest BCUT2D eigenvalue weighted by atomic mass is 10.1. The Hall–Kier alpha value is -4.71. The smallest absolute Gasteiger partial charge is 0.255 e. The standard InChI is InChI=1S/C29H25N5O/c1-33-18-15-25(16-19-33)30-22-11-13-24(14-12-22)32-29(35)21-7-9-23(10-8-21)31-27-17-20-34(2)28-6-4-3-5-26(27)28/h3-20H,1-2H3,(H,32,35)/p+2. The summed E-state index contributed by atoms with van der Waals surface area (Å²) in [6.07, 6.45) is 6.01. The molecule has 0 unspecified atom stereocenters. The number of hydrogen-bond acceptors (Lipinski definition) is 3. The second-order valence-corrected chi connectivity index (χ2v) is 8.47. The van der Waals surface area contributed by atoms with Crippen LogP contribution in [0.15, 0.2) is 110 Å². The van der Waals surface area contributed by atoms with Gasteiger partial charge in [0.05, 0.1) is 16.8 Å². The van der Waals surface area contributed by atoms with Crippen molar-refractivity contribution >= 4 is 45.2 Å². The molecule has 3 N–H and O–H groups in total. The largest absolute Gasteiger partial charge is 0.355 e. The van der Waals surface area contributed by atoms with Crippen LogP contribution in [0.2, 0.25) is 0 Å². The molecule has 5 aromatic rings. The number of aromatic nitrogens is 2. The molecule has 172 valence electrons. The van der Waals surface area contributed by atoms with Crippen molar-refractivity contribution in [2.24, 2.45) is 14.1 Å². The predicted molar refractivity (Wildman–Crippen MR) is 140 cm³/mol. The molecule has 35 heavy (non-hydrogen) atoms. The Balaban J connectivity index is 1.23. The maximum Gasteiger partial charge on any atom is 0.255 e. The normalized spacial score (nSPS) is 10.7. The van der Waals surface area contributed by atoms with Crippen LogP contribution in [0.4, 0.5) is 28.4 Å². The molecule has 6 heteroatoms. The van der Waals surface area contributed by atoms with E-state index in [0.717, 1.165) is 39.3 Å². The van der Waals surface area contributed by atoms with Gasteiger partial charge in [0.15, 0.2) is 18.6 Å². The second-order valence-electron chi connectivity index (χ2n) is 8.47. The number of fused-ring (bicyclic) bond motifs is 1. The van der Waals surface area contributed by atoms with E-state index in [2.05, 4.69) is 38.7 Å². The first-order chi connectivity index (χ1) is 17.0. The monoisotopic (exact) mass is 461 g/mol. The third-order valence-electron chi connectivity index (χ3n) is 5.88. The fourth-order valence-corrected chi connectivity index (χ4v) is 3.93. The molecule has 0 fully saturated rings. The van der Waals surface area contributed by atoms with Crippen LogP contribution < -0.4 is 25.1 Å². The number of para-hydroxylation sites is 1. The lowest BCUT2D eigenvalue weighted by molar-refractivity contribution is -0.671. The second kappa shape index (κ2) is 9.65. The van der Waals surface area contributed by atoms with E-state index in [1.165, 1.54) is 0 Å². The van der Waals surface area contributed by atoms with Crippen molar-refractivity contribution in [1.82, 2.24) is 0 Å². The van der Waals surface area contributed by atoms with Gasteiger partial charge in [-0.3, -0.25) is 4.79 Å². The molecule has 0 aliphatic heterocycles. The summed E-state index contributed by atoms with van der Waals surface area (Å²) in [4.78, 5) is 12.8. The van der Waals surface area contributed by atoms with Crippen molar-refractivity contribution < 1.29 is 13.9 Å².